The summed E-state index contributed by atoms with van der Waals surface area (Å²) in [4.78, 5) is 12.8. The first kappa shape index (κ1) is 13.0. The second kappa shape index (κ2) is 5.46. The van der Waals surface area contributed by atoms with E-state index in [2.05, 4.69) is 0 Å². The van der Waals surface area contributed by atoms with E-state index >= 15 is 0 Å². The van der Waals surface area contributed by atoms with Gasteiger partial charge in [-0.1, -0.05) is 17.7 Å². The highest BCUT2D eigenvalue weighted by atomic mass is 19.1. The van der Waals surface area contributed by atoms with E-state index in [1.54, 1.807) is 17.0 Å². The first-order valence-corrected chi connectivity index (χ1v) is 5.87. The maximum absolute atomic E-state index is 13.6. The van der Waals surface area contributed by atoms with Gasteiger partial charge in [-0.25, -0.2) is 4.39 Å². The van der Waals surface area contributed by atoms with Crippen LogP contribution in [0.5, 0.6) is 0 Å². The summed E-state index contributed by atoms with van der Waals surface area (Å²) in [6, 6.07) is 4.18. The lowest BCUT2D eigenvalue weighted by Gasteiger charge is -2.32. The Hall–Kier alpha value is -1.46. The van der Waals surface area contributed by atoms with E-state index in [0.29, 0.717) is 25.3 Å². The van der Waals surface area contributed by atoms with E-state index in [1.807, 2.05) is 6.92 Å². The molecule has 1 aromatic carbocycles. The van der Waals surface area contributed by atoms with Gasteiger partial charge in [0, 0.05) is 18.7 Å². The molecular formula is C13H16FNO3. The number of aliphatic carboxylic acids is 1. The summed E-state index contributed by atoms with van der Waals surface area (Å²) in [5.41, 5.74) is 1.50. The molecular weight excluding hydrogens is 237 g/mol. The summed E-state index contributed by atoms with van der Waals surface area (Å²) < 4.78 is 18.8. The number of carbonyl (C=O) groups is 1. The van der Waals surface area contributed by atoms with E-state index in [-0.39, 0.29) is 12.4 Å². The number of aryl methyl sites for hydroxylation is 1. The van der Waals surface area contributed by atoms with Crippen molar-refractivity contribution < 1.29 is 19.0 Å². The molecule has 1 heterocycles. The van der Waals surface area contributed by atoms with Crippen LogP contribution in [0.2, 0.25) is 0 Å². The van der Waals surface area contributed by atoms with Gasteiger partial charge >= 0.3 is 5.97 Å². The van der Waals surface area contributed by atoms with Gasteiger partial charge in [-0.15, -0.1) is 0 Å². The molecule has 1 fully saturated rings. The number of hydrogen-bond acceptors (Lipinski definition) is 3. The van der Waals surface area contributed by atoms with Crippen LogP contribution in [0.3, 0.4) is 0 Å². The average Bonchev–Trinajstić information content (AvgIpc) is 2.34. The summed E-state index contributed by atoms with van der Waals surface area (Å²) in [5, 5.41) is 9.10. The SMILES string of the molecule is Cc1ccc(F)c(CN2CCOCC2C(=O)O)c1. The Morgan fingerprint density at radius 2 is 2.39 bits per heavy atom. The molecule has 4 nitrogen and oxygen atoms in total. The van der Waals surface area contributed by atoms with Crippen molar-refractivity contribution in [3.05, 3.63) is 35.1 Å². The van der Waals surface area contributed by atoms with Gasteiger partial charge in [-0.3, -0.25) is 9.69 Å². The molecule has 1 aliphatic rings. The minimum Gasteiger partial charge on any atom is -0.480 e. The molecule has 1 aromatic rings. The molecule has 18 heavy (non-hydrogen) atoms. The number of morpholine rings is 1. The Labute approximate surface area is 105 Å². The largest absolute Gasteiger partial charge is 0.480 e. The van der Waals surface area contributed by atoms with Crippen molar-refractivity contribution in [2.45, 2.75) is 19.5 Å². The average molecular weight is 253 g/mol. The fourth-order valence-corrected chi connectivity index (χ4v) is 2.10. The third-order valence-corrected chi connectivity index (χ3v) is 3.10. The van der Waals surface area contributed by atoms with E-state index in [4.69, 9.17) is 9.84 Å². The standard InChI is InChI=1S/C13H16FNO3/c1-9-2-3-11(14)10(6-9)7-15-4-5-18-8-12(15)13(16)17/h2-3,6,12H,4-5,7-8H2,1H3,(H,16,17). The van der Waals surface area contributed by atoms with Gasteiger partial charge in [0.2, 0.25) is 0 Å². The maximum atomic E-state index is 13.6. The predicted molar refractivity (Wildman–Crippen MR) is 63.8 cm³/mol. The normalized spacial score (nSPS) is 20.9. The van der Waals surface area contributed by atoms with Gasteiger partial charge in [0.15, 0.2) is 0 Å². The molecule has 2 rings (SSSR count). The van der Waals surface area contributed by atoms with Crippen molar-refractivity contribution in [3.8, 4) is 0 Å². The summed E-state index contributed by atoms with van der Waals surface area (Å²) in [6.45, 7) is 3.33. The van der Waals surface area contributed by atoms with Crippen LogP contribution < -0.4 is 0 Å². The number of benzene rings is 1. The number of hydrogen-bond donors (Lipinski definition) is 1. The van der Waals surface area contributed by atoms with Gasteiger partial charge < -0.3 is 9.84 Å². The number of ether oxygens (including phenoxy) is 1. The zero-order valence-electron chi connectivity index (χ0n) is 10.2. The highest BCUT2D eigenvalue weighted by Gasteiger charge is 2.29. The zero-order chi connectivity index (χ0) is 13.1. The number of carboxylic acid groups (broad SMARTS) is 1. The zero-order valence-corrected chi connectivity index (χ0v) is 10.2. The predicted octanol–water partition coefficient (Wildman–Crippen LogP) is 1.42. The fraction of sp³-hybridized carbons (Fsp3) is 0.462. The van der Waals surface area contributed by atoms with E-state index in [0.717, 1.165) is 5.56 Å². The fourth-order valence-electron chi connectivity index (χ4n) is 2.10. The Kier molecular flexibility index (Phi) is 3.93. The first-order valence-electron chi connectivity index (χ1n) is 5.87. The monoisotopic (exact) mass is 253 g/mol. The van der Waals surface area contributed by atoms with Crippen molar-refractivity contribution in [1.29, 1.82) is 0 Å². The van der Waals surface area contributed by atoms with Crippen molar-refractivity contribution in [2.75, 3.05) is 19.8 Å². The van der Waals surface area contributed by atoms with Crippen molar-refractivity contribution in [2.24, 2.45) is 0 Å². The van der Waals surface area contributed by atoms with Crippen molar-refractivity contribution >= 4 is 5.97 Å². The molecule has 0 amide bonds. The molecule has 1 unspecified atom stereocenters. The quantitative estimate of drug-likeness (QED) is 0.885. The minimum absolute atomic E-state index is 0.156. The van der Waals surface area contributed by atoms with Crippen molar-refractivity contribution in [1.82, 2.24) is 4.90 Å². The number of halogens is 1. The Morgan fingerprint density at radius 3 is 3.11 bits per heavy atom. The summed E-state index contributed by atoms with van der Waals surface area (Å²) in [6.07, 6.45) is 0. The third-order valence-electron chi connectivity index (χ3n) is 3.10. The molecule has 1 N–H and O–H groups in total. The highest BCUT2D eigenvalue weighted by molar-refractivity contribution is 5.73. The summed E-state index contributed by atoms with van der Waals surface area (Å²) in [5.74, 6) is -1.22. The van der Waals surface area contributed by atoms with Crippen LogP contribution in [0.25, 0.3) is 0 Å². The smallest absolute Gasteiger partial charge is 0.323 e. The Bertz CT molecular complexity index is 450. The second-order valence-electron chi connectivity index (χ2n) is 4.49. The third kappa shape index (κ3) is 2.86. The lowest BCUT2D eigenvalue weighted by atomic mass is 10.1. The molecule has 0 spiro atoms. The molecule has 98 valence electrons. The van der Waals surface area contributed by atoms with Gasteiger partial charge in [0.05, 0.1) is 13.2 Å². The number of nitrogens with zero attached hydrogens (tertiary/aromatic N) is 1. The topological polar surface area (TPSA) is 49.8 Å². The lowest BCUT2D eigenvalue weighted by molar-refractivity contribution is -0.150. The summed E-state index contributed by atoms with van der Waals surface area (Å²) >= 11 is 0. The summed E-state index contributed by atoms with van der Waals surface area (Å²) in [7, 11) is 0. The molecule has 0 bridgehead atoms. The molecule has 1 saturated heterocycles. The molecule has 0 aliphatic carbocycles. The van der Waals surface area contributed by atoms with Gasteiger partial charge in [-0.2, -0.15) is 0 Å². The van der Waals surface area contributed by atoms with Crippen LogP contribution >= 0.6 is 0 Å². The van der Waals surface area contributed by atoms with Crippen LogP contribution in [-0.2, 0) is 16.1 Å². The molecule has 0 radical (unpaired) electrons. The molecule has 1 aliphatic heterocycles. The van der Waals surface area contributed by atoms with Gasteiger partial charge in [0.25, 0.3) is 0 Å². The van der Waals surface area contributed by atoms with E-state index < -0.39 is 12.0 Å². The molecule has 1 atom stereocenters. The maximum Gasteiger partial charge on any atom is 0.323 e. The second-order valence-corrected chi connectivity index (χ2v) is 4.49. The van der Waals surface area contributed by atoms with Crippen LogP contribution in [-0.4, -0.2) is 41.8 Å². The van der Waals surface area contributed by atoms with Crippen LogP contribution in [0.15, 0.2) is 18.2 Å². The molecule has 0 aromatic heterocycles. The van der Waals surface area contributed by atoms with Gasteiger partial charge in [-0.05, 0) is 13.0 Å². The highest BCUT2D eigenvalue weighted by Crippen LogP contribution is 2.16. The first-order chi connectivity index (χ1) is 8.58. The Balaban J connectivity index is 2.15. The van der Waals surface area contributed by atoms with E-state index in [9.17, 15) is 9.18 Å². The number of rotatable bonds is 3. The van der Waals surface area contributed by atoms with Crippen LogP contribution in [0.4, 0.5) is 4.39 Å². The Morgan fingerprint density at radius 1 is 1.61 bits per heavy atom. The van der Waals surface area contributed by atoms with Gasteiger partial charge in [0.1, 0.15) is 11.9 Å². The van der Waals surface area contributed by atoms with Crippen LogP contribution in [0.1, 0.15) is 11.1 Å². The van der Waals surface area contributed by atoms with Crippen molar-refractivity contribution in [3.63, 3.8) is 0 Å². The molecule has 0 saturated carbocycles. The van der Waals surface area contributed by atoms with E-state index in [1.165, 1.54) is 6.07 Å². The number of carboxylic acids is 1. The van der Waals surface area contributed by atoms with Crippen LogP contribution in [0, 0.1) is 12.7 Å². The minimum atomic E-state index is -0.928. The molecule has 5 heteroatoms. The lowest BCUT2D eigenvalue weighted by Crippen LogP contribution is -2.49.